The van der Waals surface area contributed by atoms with Gasteiger partial charge in [0.1, 0.15) is 11.9 Å². The van der Waals surface area contributed by atoms with E-state index in [1.165, 1.54) is 19.3 Å². The summed E-state index contributed by atoms with van der Waals surface area (Å²) in [6, 6.07) is 4.09. The molecule has 2 saturated carbocycles. The zero-order valence-electron chi connectivity index (χ0n) is 13.8. The second kappa shape index (κ2) is 5.28. The molecule has 0 radical (unpaired) electrons. The van der Waals surface area contributed by atoms with E-state index in [9.17, 15) is 0 Å². The minimum absolute atomic E-state index is 0.308. The molecule has 2 fully saturated rings. The van der Waals surface area contributed by atoms with E-state index in [0.717, 1.165) is 30.5 Å². The van der Waals surface area contributed by atoms with Crippen LogP contribution in [0.2, 0.25) is 0 Å². The van der Waals surface area contributed by atoms with Crippen LogP contribution >= 0.6 is 0 Å². The SMILES string of the molecule is CCNCc1cc(OC2CC3CCC2(C)C3(C)C)ccn1. The first-order valence-corrected chi connectivity index (χ1v) is 8.29. The van der Waals surface area contributed by atoms with Gasteiger partial charge in [0.05, 0.1) is 5.69 Å². The van der Waals surface area contributed by atoms with E-state index in [1.807, 2.05) is 12.3 Å². The van der Waals surface area contributed by atoms with Crippen LogP contribution in [0.15, 0.2) is 18.3 Å². The van der Waals surface area contributed by atoms with Gasteiger partial charge < -0.3 is 10.1 Å². The second-order valence-corrected chi connectivity index (χ2v) is 7.48. The average Bonchev–Trinajstić information content (AvgIpc) is 2.79. The molecule has 2 aliphatic carbocycles. The fourth-order valence-corrected chi connectivity index (χ4v) is 4.35. The van der Waals surface area contributed by atoms with Crippen LogP contribution in [0.25, 0.3) is 0 Å². The molecule has 1 aromatic heterocycles. The molecule has 0 aliphatic heterocycles. The molecule has 21 heavy (non-hydrogen) atoms. The van der Waals surface area contributed by atoms with Gasteiger partial charge in [0.15, 0.2) is 0 Å². The Balaban J connectivity index is 1.73. The van der Waals surface area contributed by atoms with Crippen molar-refractivity contribution in [3.63, 3.8) is 0 Å². The molecule has 3 heteroatoms. The molecule has 1 aromatic rings. The fraction of sp³-hybridized carbons (Fsp3) is 0.722. The molecule has 2 bridgehead atoms. The molecule has 0 spiro atoms. The van der Waals surface area contributed by atoms with E-state index in [0.29, 0.717) is 16.9 Å². The van der Waals surface area contributed by atoms with Crippen molar-refractivity contribution in [3.8, 4) is 5.75 Å². The summed E-state index contributed by atoms with van der Waals surface area (Å²) in [5, 5.41) is 3.31. The Morgan fingerprint density at radius 3 is 2.81 bits per heavy atom. The molecule has 0 amide bonds. The van der Waals surface area contributed by atoms with Gasteiger partial charge in [-0.3, -0.25) is 4.98 Å². The average molecular weight is 288 g/mol. The summed E-state index contributed by atoms with van der Waals surface area (Å²) in [6.07, 6.45) is 6.08. The molecule has 3 unspecified atom stereocenters. The molecule has 3 nitrogen and oxygen atoms in total. The molecular weight excluding hydrogens is 260 g/mol. The molecule has 1 N–H and O–H groups in total. The molecule has 3 atom stereocenters. The molecule has 3 rings (SSSR count). The van der Waals surface area contributed by atoms with Gasteiger partial charge in [-0.25, -0.2) is 0 Å². The first-order valence-electron chi connectivity index (χ1n) is 8.29. The van der Waals surface area contributed by atoms with E-state index >= 15 is 0 Å². The summed E-state index contributed by atoms with van der Waals surface area (Å²) >= 11 is 0. The Labute approximate surface area is 128 Å². The largest absolute Gasteiger partial charge is 0.490 e. The number of nitrogens with one attached hydrogen (secondary N) is 1. The quantitative estimate of drug-likeness (QED) is 0.895. The lowest BCUT2D eigenvalue weighted by Crippen LogP contribution is -2.38. The van der Waals surface area contributed by atoms with Crippen molar-refractivity contribution < 1.29 is 4.74 Å². The second-order valence-electron chi connectivity index (χ2n) is 7.48. The van der Waals surface area contributed by atoms with Crippen LogP contribution in [0, 0.1) is 16.7 Å². The summed E-state index contributed by atoms with van der Waals surface area (Å²) in [5.41, 5.74) is 1.77. The summed E-state index contributed by atoms with van der Waals surface area (Å²) in [4.78, 5) is 4.40. The predicted octanol–water partition coefficient (Wildman–Crippen LogP) is 3.78. The number of hydrogen-bond donors (Lipinski definition) is 1. The fourth-order valence-electron chi connectivity index (χ4n) is 4.35. The van der Waals surface area contributed by atoms with Crippen molar-refractivity contribution in [1.82, 2.24) is 10.3 Å². The normalized spacial score (nSPS) is 33.3. The number of nitrogens with zero attached hydrogens (tertiary/aromatic N) is 1. The van der Waals surface area contributed by atoms with E-state index in [-0.39, 0.29) is 0 Å². The van der Waals surface area contributed by atoms with Crippen molar-refractivity contribution in [2.24, 2.45) is 16.7 Å². The van der Waals surface area contributed by atoms with Gasteiger partial charge in [-0.05, 0) is 43.2 Å². The van der Waals surface area contributed by atoms with E-state index in [4.69, 9.17) is 4.74 Å². The standard InChI is InChI=1S/C18H28N2O/c1-5-19-12-14-11-15(7-9-20-14)21-16-10-13-6-8-18(16,4)17(13,2)3/h7,9,11,13,16,19H,5-6,8,10,12H2,1-4H3. The first-order chi connectivity index (χ1) is 9.97. The lowest BCUT2D eigenvalue weighted by Gasteiger charge is -2.38. The van der Waals surface area contributed by atoms with Crippen LogP contribution in [0.1, 0.15) is 52.7 Å². The topological polar surface area (TPSA) is 34.1 Å². The Kier molecular flexibility index (Phi) is 3.73. The van der Waals surface area contributed by atoms with Crippen LogP contribution in [0.5, 0.6) is 5.75 Å². The zero-order chi connectivity index (χ0) is 15.1. The van der Waals surface area contributed by atoms with Crippen molar-refractivity contribution >= 4 is 0 Å². The van der Waals surface area contributed by atoms with Gasteiger partial charge in [-0.1, -0.05) is 27.7 Å². The van der Waals surface area contributed by atoms with Gasteiger partial charge in [0, 0.05) is 24.2 Å². The predicted molar refractivity (Wildman–Crippen MR) is 85.3 cm³/mol. The number of ether oxygens (including phenoxy) is 1. The van der Waals surface area contributed by atoms with Crippen molar-refractivity contribution in [3.05, 3.63) is 24.0 Å². The highest BCUT2D eigenvalue weighted by Gasteiger charge is 2.62. The Morgan fingerprint density at radius 2 is 2.19 bits per heavy atom. The van der Waals surface area contributed by atoms with Crippen LogP contribution in [0.3, 0.4) is 0 Å². The third kappa shape index (κ3) is 2.36. The highest BCUT2D eigenvalue weighted by Crippen LogP contribution is 2.66. The zero-order valence-corrected chi connectivity index (χ0v) is 13.8. The monoisotopic (exact) mass is 288 g/mol. The van der Waals surface area contributed by atoms with Crippen molar-refractivity contribution in [1.29, 1.82) is 0 Å². The van der Waals surface area contributed by atoms with Crippen LogP contribution in [-0.2, 0) is 6.54 Å². The summed E-state index contributed by atoms with van der Waals surface area (Å²) < 4.78 is 6.40. The third-order valence-electron chi connectivity index (χ3n) is 6.34. The van der Waals surface area contributed by atoms with Crippen molar-refractivity contribution in [2.45, 2.75) is 59.6 Å². The van der Waals surface area contributed by atoms with Crippen LogP contribution in [0.4, 0.5) is 0 Å². The third-order valence-corrected chi connectivity index (χ3v) is 6.34. The summed E-state index contributed by atoms with van der Waals surface area (Å²) in [6.45, 7) is 11.2. The maximum Gasteiger partial charge on any atom is 0.123 e. The Morgan fingerprint density at radius 1 is 1.38 bits per heavy atom. The lowest BCUT2D eigenvalue weighted by molar-refractivity contribution is 0.0301. The number of hydrogen-bond acceptors (Lipinski definition) is 3. The minimum atomic E-state index is 0.308. The Bertz CT molecular complexity index is 514. The molecule has 116 valence electrons. The molecule has 0 aromatic carbocycles. The smallest absolute Gasteiger partial charge is 0.123 e. The molecular formula is C18H28N2O. The summed E-state index contributed by atoms with van der Waals surface area (Å²) in [5.74, 6) is 1.79. The molecule has 1 heterocycles. The number of aromatic nitrogens is 1. The minimum Gasteiger partial charge on any atom is -0.490 e. The highest BCUT2D eigenvalue weighted by molar-refractivity contribution is 5.24. The van der Waals surface area contributed by atoms with E-state index < -0.39 is 0 Å². The molecule has 0 saturated heterocycles. The van der Waals surface area contributed by atoms with Crippen LogP contribution < -0.4 is 10.1 Å². The maximum absolute atomic E-state index is 6.40. The van der Waals surface area contributed by atoms with Gasteiger partial charge >= 0.3 is 0 Å². The Hall–Kier alpha value is -1.09. The number of fused-ring (bicyclic) bond motifs is 2. The van der Waals surface area contributed by atoms with Crippen molar-refractivity contribution in [2.75, 3.05) is 6.54 Å². The summed E-state index contributed by atoms with van der Waals surface area (Å²) in [7, 11) is 0. The van der Waals surface area contributed by atoms with Gasteiger partial charge in [-0.15, -0.1) is 0 Å². The molecule has 2 aliphatic rings. The van der Waals surface area contributed by atoms with Gasteiger partial charge in [-0.2, -0.15) is 0 Å². The first kappa shape index (κ1) is 14.8. The number of pyridine rings is 1. The number of rotatable bonds is 5. The van der Waals surface area contributed by atoms with Crippen LogP contribution in [-0.4, -0.2) is 17.6 Å². The van der Waals surface area contributed by atoms with E-state index in [2.05, 4.69) is 44.1 Å². The van der Waals surface area contributed by atoms with Gasteiger partial charge in [0.25, 0.3) is 0 Å². The van der Waals surface area contributed by atoms with Gasteiger partial charge in [0.2, 0.25) is 0 Å². The lowest BCUT2D eigenvalue weighted by atomic mass is 9.70. The maximum atomic E-state index is 6.40. The highest BCUT2D eigenvalue weighted by atomic mass is 16.5. The van der Waals surface area contributed by atoms with E-state index in [1.54, 1.807) is 0 Å².